The van der Waals surface area contributed by atoms with E-state index in [-0.39, 0.29) is 11.7 Å². The zero-order valence-corrected chi connectivity index (χ0v) is 12.9. The molecule has 0 radical (unpaired) electrons. The average Bonchev–Trinajstić information content (AvgIpc) is 2.96. The normalized spacial score (nSPS) is 12.4. The Morgan fingerprint density at radius 2 is 2.10 bits per heavy atom. The third-order valence-electron chi connectivity index (χ3n) is 3.42. The van der Waals surface area contributed by atoms with Crippen LogP contribution in [0.3, 0.4) is 0 Å². The van der Waals surface area contributed by atoms with Gasteiger partial charge in [0.25, 0.3) is 0 Å². The van der Waals surface area contributed by atoms with Crippen LogP contribution in [0.5, 0.6) is 0 Å². The van der Waals surface area contributed by atoms with E-state index in [0.29, 0.717) is 19.4 Å². The molecular weight excluding hydrogens is 274 g/mol. The monoisotopic (exact) mass is 297 g/mol. The van der Waals surface area contributed by atoms with Crippen LogP contribution in [0.1, 0.15) is 45.1 Å². The van der Waals surface area contributed by atoms with Crippen molar-refractivity contribution in [3.8, 4) is 0 Å². The Morgan fingerprint density at radius 1 is 1.45 bits per heavy atom. The summed E-state index contributed by atoms with van der Waals surface area (Å²) >= 11 is 1.59. The van der Waals surface area contributed by atoms with Gasteiger partial charge in [0.2, 0.25) is 5.91 Å². The summed E-state index contributed by atoms with van der Waals surface area (Å²) in [5.74, 6) is -0.160. The molecule has 1 rings (SSSR count). The summed E-state index contributed by atoms with van der Waals surface area (Å²) in [6.45, 7) is 4.44. The fraction of sp³-hybridized carbons (Fsp3) is 0.571. The first kappa shape index (κ1) is 16.5. The van der Waals surface area contributed by atoms with Gasteiger partial charge in [0, 0.05) is 6.54 Å². The smallest absolute Gasteiger partial charge is 0.234 e. The number of carbonyl (C=O) groups is 1. The predicted molar refractivity (Wildman–Crippen MR) is 81.8 cm³/mol. The van der Waals surface area contributed by atoms with Crippen molar-refractivity contribution in [2.45, 2.75) is 46.1 Å². The maximum absolute atomic E-state index is 12.6. The molecule has 0 bridgehead atoms. The number of nitrogens with one attached hydrogen (secondary N) is 1. The number of amidine groups is 1. The molecule has 6 heteroatoms. The van der Waals surface area contributed by atoms with E-state index >= 15 is 0 Å². The molecular formula is C14H23N3O2S. The number of thiophene rings is 1. The fourth-order valence-electron chi connectivity index (χ4n) is 2.42. The molecule has 1 aromatic heterocycles. The van der Waals surface area contributed by atoms with Crippen LogP contribution >= 0.6 is 11.3 Å². The molecule has 0 aliphatic heterocycles. The molecule has 1 aromatic rings. The van der Waals surface area contributed by atoms with Crippen LogP contribution < -0.4 is 11.1 Å². The van der Waals surface area contributed by atoms with E-state index in [0.717, 1.165) is 18.4 Å². The highest BCUT2D eigenvalue weighted by molar-refractivity contribution is 7.07. The minimum absolute atomic E-state index is 0.00372. The van der Waals surface area contributed by atoms with Gasteiger partial charge in [-0.3, -0.25) is 4.79 Å². The van der Waals surface area contributed by atoms with Crippen molar-refractivity contribution in [1.29, 1.82) is 0 Å². The lowest BCUT2D eigenvalue weighted by Crippen LogP contribution is -2.49. The summed E-state index contributed by atoms with van der Waals surface area (Å²) in [4.78, 5) is 12.6. The first-order valence-corrected chi connectivity index (χ1v) is 7.82. The van der Waals surface area contributed by atoms with Crippen molar-refractivity contribution in [2.24, 2.45) is 16.3 Å². The van der Waals surface area contributed by atoms with E-state index in [1.165, 1.54) is 0 Å². The summed E-state index contributed by atoms with van der Waals surface area (Å²) in [5, 5.41) is 19.0. The summed E-state index contributed by atoms with van der Waals surface area (Å²) in [7, 11) is 0. The van der Waals surface area contributed by atoms with Crippen LogP contribution in [0.25, 0.3) is 0 Å². The molecule has 0 atom stereocenters. The van der Waals surface area contributed by atoms with Gasteiger partial charge < -0.3 is 16.3 Å². The number of oxime groups is 1. The fourth-order valence-corrected chi connectivity index (χ4v) is 3.09. The van der Waals surface area contributed by atoms with Crippen molar-refractivity contribution < 1.29 is 10.0 Å². The number of amides is 1. The SMILES string of the molecule is CCCC(CCC)(C(=O)NCc1ccsc1)C(N)=NO. The van der Waals surface area contributed by atoms with Crippen LogP contribution in [-0.2, 0) is 11.3 Å². The van der Waals surface area contributed by atoms with Gasteiger partial charge in [-0.05, 0) is 35.2 Å². The van der Waals surface area contributed by atoms with E-state index in [1.54, 1.807) is 11.3 Å². The molecule has 5 nitrogen and oxygen atoms in total. The van der Waals surface area contributed by atoms with Crippen LogP contribution in [0.4, 0.5) is 0 Å². The average molecular weight is 297 g/mol. The predicted octanol–water partition coefficient (Wildman–Crippen LogP) is 2.70. The second-order valence-electron chi connectivity index (χ2n) is 4.88. The minimum atomic E-state index is -0.908. The molecule has 0 spiro atoms. The molecule has 1 heterocycles. The Hall–Kier alpha value is -1.56. The lowest BCUT2D eigenvalue weighted by Gasteiger charge is -2.30. The molecule has 112 valence electrons. The van der Waals surface area contributed by atoms with Crippen molar-refractivity contribution >= 4 is 23.1 Å². The highest BCUT2D eigenvalue weighted by atomic mass is 32.1. The molecule has 0 saturated heterocycles. The van der Waals surface area contributed by atoms with E-state index in [2.05, 4.69) is 10.5 Å². The Morgan fingerprint density at radius 3 is 2.55 bits per heavy atom. The Balaban J connectivity index is 2.87. The van der Waals surface area contributed by atoms with E-state index < -0.39 is 5.41 Å². The molecule has 0 fully saturated rings. The van der Waals surface area contributed by atoms with Crippen molar-refractivity contribution in [2.75, 3.05) is 0 Å². The van der Waals surface area contributed by atoms with Gasteiger partial charge in [-0.15, -0.1) is 0 Å². The number of nitrogens with zero attached hydrogens (tertiary/aromatic N) is 1. The summed E-state index contributed by atoms with van der Waals surface area (Å²) < 4.78 is 0. The molecule has 0 unspecified atom stereocenters. The zero-order chi connectivity index (χ0) is 15.0. The largest absolute Gasteiger partial charge is 0.409 e. The number of hydrogen-bond acceptors (Lipinski definition) is 4. The Kier molecular flexibility index (Phi) is 6.51. The zero-order valence-electron chi connectivity index (χ0n) is 12.1. The molecule has 0 aliphatic rings. The molecule has 1 amide bonds. The van der Waals surface area contributed by atoms with E-state index in [9.17, 15) is 4.79 Å². The van der Waals surface area contributed by atoms with Crippen LogP contribution in [0.2, 0.25) is 0 Å². The van der Waals surface area contributed by atoms with Crippen molar-refractivity contribution in [1.82, 2.24) is 5.32 Å². The third kappa shape index (κ3) is 3.72. The highest BCUT2D eigenvalue weighted by Crippen LogP contribution is 2.31. The van der Waals surface area contributed by atoms with Gasteiger partial charge in [0.05, 0.1) is 0 Å². The summed E-state index contributed by atoms with van der Waals surface area (Å²) in [6.07, 6.45) is 2.74. The quantitative estimate of drug-likeness (QED) is 0.298. The van der Waals surface area contributed by atoms with Gasteiger partial charge in [-0.1, -0.05) is 31.8 Å². The Bertz CT molecular complexity index is 437. The number of hydrogen-bond donors (Lipinski definition) is 3. The molecule has 4 N–H and O–H groups in total. The van der Waals surface area contributed by atoms with E-state index in [4.69, 9.17) is 10.9 Å². The molecule has 0 saturated carbocycles. The standard InChI is InChI=1S/C14H23N3O2S/c1-3-6-14(7-4-2,12(15)17-19)13(18)16-9-11-5-8-20-10-11/h5,8,10,19H,3-4,6-7,9H2,1-2H3,(H2,15,17)(H,16,18). The first-order chi connectivity index (χ1) is 9.60. The summed E-state index contributed by atoms with van der Waals surface area (Å²) in [6, 6.07) is 1.97. The van der Waals surface area contributed by atoms with Gasteiger partial charge in [-0.2, -0.15) is 11.3 Å². The lowest BCUT2D eigenvalue weighted by molar-refractivity contribution is -0.128. The van der Waals surface area contributed by atoms with Gasteiger partial charge in [-0.25, -0.2) is 0 Å². The topological polar surface area (TPSA) is 87.7 Å². The third-order valence-corrected chi connectivity index (χ3v) is 4.15. The maximum Gasteiger partial charge on any atom is 0.234 e. The van der Waals surface area contributed by atoms with Crippen LogP contribution in [0.15, 0.2) is 22.0 Å². The van der Waals surface area contributed by atoms with Gasteiger partial charge >= 0.3 is 0 Å². The molecule has 20 heavy (non-hydrogen) atoms. The summed E-state index contributed by atoms with van der Waals surface area (Å²) in [5.41, 5.74) is 5.97. The van der Waals surface area contributed by atoms with Gasteiger partial charge in [0.15, 0.2) is 5.84 Å². The second kappa shape index (κ2) is 7.89. The molecule has 0 aromatic carbocycles. The first-order valence-electron chi connectivity index (χ1n) is 6.88. The van der Waals surface area contributed by atoms with Crippen LogP contribution in [-0.4, -0.2) is 17.0 Å². The number of nitrogens with two attached hydrogens (primary N) is 1. The van der Waals surface area contributed by atoms with Crippen molar-refractivity contribution in [3.05, 3.63) is 22.4 Å². The van der Waals surface area contributed by atoms with Crippen LogP contribution in [0, 0.1) is 5.41 Å². The van der Waals surface area contributed by atoms with Gasteiger partial charge in [0.1, 0.15) is 5.41 Å². The van der Waals surface area contributed by atoms with Crippen molar-refractivity contribution in [3.63, 3.8) is 0 Å². The second-order valence-corrected chi connectivity index (χ2v) is 5.66. The Labute approximate surface area is 123 Å². The minimum Gasteiger partial charge on any atom is -0.409 e. The van der Waals surface area contributed by atoms with E-state index in [1.807, 2.05) is 30.7 Å². The highest BCUT2D eigenvalue weighted by Gasteiger charge is 2.41. The molecule has 0 aliphatic carbocycles. The lowest BCUT2D eigenvalue weighted by atomic mass is 9.77. The number of carbonyl (C=O) groups excluding carboxylic acids is 1. The maximum atomic E-state index is 12.6. The number of rotatable bonds is 8.